The van der Waals surface area contributed by atoms with Gasteiger partial charge in [-0.1, -0.05) is 0 Å². The number of halogens is 3. The summed E-state index contributed by atoms with van der Waals surface area (Å²) in [7, 11) is 0. The summed E-state index contributed by atoms with van der Waals surface area (Å²) < 4.78 is 13.4. The van der Waals surface area contributed by atoms with E-state index in [-0.39, 0.29) is 13.6 Å². The Bertz CT molecular complexity index is 340. The van der Waals surface area contributed by atoms with Crippen molar-refractivity contribution in [1.82, 2.24) is 0 Å². The zero-order valence-electron chi connectivity index (χ0n) is 5.64. The minimum absolute atomic E-state index is 0.0702. The third kappa shape index (κ3) is 1.77. The average Bonchev–Trinajstić information content (AvgIpc) is 2.00. The summed E-state index contributed by atoms with van der Waals surface area (Å²) in [5, 5.41) is 8.63. The number of hydrogen-bond acceptors (Lipinski definition) is 1. The van der Waals surface area contributed by atoms with Gasteiger partial charge in [0.05, 0.1) is 9.13 Å². The van der Waals surface area contributed by atoms with Crippen molar-refractivity contribution in [3.8, 4) is 0 Å². The first-order valence-electron chi connectivity index (χ1n) is 2.91. The molecular weight excluding hydrogens is 342 g/mol. The molecule has 64 valence electrons. The Morgan fingerprint density at radius 2 is 2.17 bits per heavy atom. The molecule has 0 saturated heterocycles. The van der Waals surface area contributed by atoms with E-state index in [2.05, 4.69) is 15.9 Å². The van der Waals surface area contributed by atoms with Crippen LogP contribution in [0.4, 0.5) is 4.39 Å². The van der Waals surface area contributed by atoms with Crippen LogP contribution in [0.15, 0.2) is 16.6 Å². The summed E-state index contributed by atoms with van der Waals surface area (Å²) in [6, 6.07) is 2.36. The van der Waals surface area contributed by atoms with Gasteiger partial charge in [-0.25, -0.2) is 9.18 Å². The lowest BCUT2D eigenvalue weighted by Crippen LogP contribution is -2.00. The van der Waals surface area contributed by atoms with E-state index in [1.807, 2.05) is 0 Å². The van der Waals surface area contributed by atoms with Gasteiger partial charge in [-0.05, 0) is 50.7 Å². The van der Waals surface area contributed by atoms with Crippen molar-refractivity contribution < 1.29 is 14.3 Å². The van der Waals surface area contributed by atoms with Crippen LogP contribution in [-0.4, -0.2) is 11.1 Å². The van der Waals surface area contributed by atoms with Gasteiger partial charge in [0, 0.05) is 4.47 Å². The van der Waals surface area contributed by atoms with Gasteiger partial charge >= 0.3 is 5.97 Å². The van der Waals surface area contributed by atoms with Crippen molar-refractivity contribution in [2.75, 3.05) is 0 Å². The van der Waals surface area contributed by atoms with E-state index in [0.717, 1.165) is 6.07 Å². The van der Waals surface area contributed by atoms with E-state index in [4.69, 9.17) is 5.11 Å². The Kier molecular flexibility index (Phi) is 3.05. The highest BCUT2D eigenvalue weighted by Crippen LogP contribution is 2.25. The van der Waals surface area contributed by atoms with Gasteiger partial charge in [-0.2, -0.15) is 0 Å². The van der Waals surface area contributed by atoms with Gasteiger partial charge < -0.3 is 5.11 Å². The molecule has 12 heavy (non-hydrogen) atoms. The Morgan fingerprint density at radius 1 is 1.58 bits per heavy atom. The summed E-state index contributed by atoms with van der Waals surface area (Å²) >= 11 is 4.75. The fraction of sp³-hybridized carbons (Fsp3) is 0. The molecule has 0 amide bonds. The van der Waals surface area contributed by atoms with Gasteiger partial charge in [-0.3, -0.25) is 0 Å². The van der Waals surface area contributed by atoms with Crippen LogP contribution in [0.25, 0.3) is 0 Å². The van der Waals surface area contributed by atoms with Crippen LogP contribution in [-0.2, 0) is 0 Å². The molecule has 2 nitrogen and oxygen atoms in total. The molecular formula is C7H3BrFIO2. The molecule has 1 N–H and O–H groups in total. The SMILES string of the molecule is O=C(O)c1ccc(F)c(I)c1Br. The summed E-state index contributed by atoms with van der Waals surface area (Å²) in [6.45, 7) is 0. The Labute approximate surface area is 90.0 Å². The van der Waals surface area contributed by atoms with Gasteiger partial charge in [0.15, 0.2) is 0 Å². The molecule has 0 aliphatic carbocycles. The first kappa shape index (κ1) is 9.91. The standard InChI is InChI=1S/C7H3BrFIO2/c8-5-3(7(11)12)1-2-4(9)6(5)10/h1-2H,(H,11,12). The molecule has 1 aromatic rings. The maximum Gasteiger partial charge on any atom is 0.336 e. The van der Waals surface area contributed by atoms with E-state index in [1.54, 1.807) is 22.6 Å². The number of benzene rings is 1. The van der Waals surface area contributed by atoms with Crippen LogP contribution in [0, 0.1) is 9.39 Å². The molecule has 0 aromatic heterocycles. The first-order chi connectivity index (χ1) is 5.54. The van der Waals surface area contributed by atoms with Crippen LogP contribution in [0.1, 0.15) is 10.4 Å². The molecule has 0 fully saturated rings. The van der Waals surface area contributed by atoms with Gasteiger partial charge in [0.1, 0.15) is 5.82 Å². The topological polar surface area (TPSA) is 37.3 Å². The second-order valence-corrected chi connectivity index (χ2v) is 3.90. The van der Waals surface area contributed by atoms with Crippen LogP contribution in [0.5, 0.6) is 0 Å². The number of hydrogen-bond donors (Lipinski definition) is 1. The summed E-state index contributed by atoms with van der Waals surface area (Å²) in [4.78, 5) is 10.5. The van der Waals surface area contributed by atoms with Crippen molar-refractivity contribution in [3.05, 3.63) is 31.6 Å². The molecule has 0 radical (unpaired) electrons. The molecule has 1 rings (SSSR count). The van der Waals surface area contributed by atoms with Gasteiger partial charge in [-0.15, -0.1) is 0 Å². The van der Waals surface area contributed by atoms with E-state index in [9.17, 15) is 9.18 Å². The molecule has 0 aliphatic rings. The highest BCUT2D eigenvalue weighted by atomic mass is 127. The molecule has 0 saturated carbocycles. The number of rotatable bonds is 1. The third-order valence-corrected chi connectivity index (χ3v) is 3.89. The van der Waals surface area contributed by atoms with Crippen LogP contribution in [0.2, 0.25) is 0 Å². The van der Waals surface area contributed by atoms with Crippen molar-refractivity contribution in [3.63, 3.8) is 0 Å². The third-order valence-electron chi connectivity index (χ3n) is 1.27. The lowest BCUT2D eigenvalue weighted by Gasteiger charge is -2.01. The highest BCUT2D eigenvalue weighted by molar-refractivity contribution is 14.1. The quantitative estimate of drug-likeness (QED) is 0.628. The number of carbonyl (C=O) groups is 1. The fourth-order valence-corrected chi connectivity index (χ4v) is 1.65. The summed E-state index contributed by atoms with van der Waals surface area (Å²) in [5.41, 5.74) is 0.0702. The molecule has 5 heteroatoms. The Hall–Kier alpha value is -0.170. The molecule has 0 atom stereocenters. The maximum atomic E-state index is 12.8. The van der Waals surface area contributed by atoms with Crippen molar-refractivity contribution in [2.24, 2.45) is 0 Å². The smallest absolute Gasteiger partial charge is 0.336 e. The molecule has 0 spiro atoms. The summed E-state index contributed by atoms with van der Waals surface area (Å²) in [5.74, 6) is -1.49. The zero-order chi connectivity index (χ0) is 9.30. The Morgan fingerprint density at radius 3 is 2.67 bits per heavy atom. The molecule has 0 bridgehead atoms. The largest absolute Gasteiger partial charge is 0.478 e. The fourth-order valence-electron chi connectivity index (χ4n) is 0.691. The normalized spacial score (nSPS) is 9.92. The highest BCUT2D eigenvalue weighted by Gasteiger charge is 2.13. The van der Waals surface area contributed by atoms with Crippen molar-refractivity contribution in [2.45, 2.75) is 0 Å². The van der Waals surface area contributed by atoms with E-state index in [1.165, 1.54) is 6.07 Å². The molecule has 0 unspecified atom stereocenters. The second kappa shape index (κ2) is 3.69. The minimum Gasteiger partial charge on any atom is -0.478 e. The van der Waals surface area contributed by atoms with Crippen LogP contribution >= 0.6 is 38.5 Å². The lowest BCUT2D eigenvalue weighted by atomic mass is 10.2. The average molecular weight is 345 g/mol. The van der Waals surface area contributed by atoms with Gasteiger partial charge in [0.2, 0.25) is 0 Å². The van der Waals surface area contributed by atoms with E-state index < -0.39 is 11.8 Å². The van der Waals surface area contributed by atoms with Crippen LogP contribution in [0.3, 0.4) is 0 Å². The van der Waals surface area contributed by atoms with E-state index >= 15 is 0 Å². The number of carboxylic acids is 1. The zero-order valence-corrected chi connectivity index (χ0v) is 9.39. The minimum atomic E-state index is -1.07. The van der Waals surface area contributed by atoms with Crippen molar-refractivity contribution >= 4 is 44.5 Å². The molecule has 0 heterocycles. The molecule has 0 aliphatic heterocycles. The monoisotopic (exact) mass is 344 g/mol. The second-order valence-electron chi connectivity index (χ2n) is 2.03. The predicted octanol–water partition coefficient (Wildman–Crippen LogP) is 2.89. The Balaban J connectivity index is 3.36. The van der Waals surface area contributed by atoms with Crippen molar-refractivity contribution in [1.29, 1.82) is 0 Å². The predicted molar refractivity (Wildman–Crippen MR) is 53.8 cm³/mol. The lowest BCUT2D eigenvalue weighted by molar-refractivity contribution is 0.0695. The summed E-state index contributed by atoms with van der Waals surface area (Å²) in [6.07, 6.45) is 0. The number of aromatic carboxylic acids is 1. The first-order valence-corrected chi connectivity index (χ1v) is 4.78. The maximum absolute atomic E-state index is 12.8. The number of carboxylic acid groups (broad SMARTS) is 1. The van der Waals surface area contributed by atoms with Crippen LogP contribution < -0.4 is 0 Å². The van der Waals surface area contributed by atoms with E-state index in [0.29, 0.717) is 0 Å². The van der Waals surface area contributed by atoms with Gasteiger partial charge in [0.25, 0.3) is 0 Å². The molecule has 1 aromatic carbocycles.